The summed E-state index contributed by atoms with van der Waals surface area (Å²) in [6, 6.07) is 17.6. The molecule has 0 radical (unpaired) electrons. The molecule has 0 aliphatic carbocycles. The largest absolute Gasteiger partial charge is 0.493 e. The van der Waals surface area contributed by atoms with E-state index in [4.69, 9.17) is 14.2 Å². The first-order valence-electron chi connectivity index (χ1n) is 10.5. The number of benzene rings is 3. The van der Waals surface area contributed by atoms with E-state index in [0.717, 1.165) is 11.3 Å². The normalized spacial score (nSPS) is 10.8. The highest BCUT2D eigenvalue weighted by molar-refractivity contribution is 5.85. The van der Waals surface area contributed by atoms with Crippen molar-refractivity contribution in [2.75, 3.05) is 25.7 Å². The third-order valence-corrected chi connectivity index (χ3v) is 4.99. The van der Waals surface area contributed by atoms with Crippen molar-refractivity contribution in [2.45, 2.75) is 20.3 Å². The van der Waals surface area contributed by atoms with E-state index in [1.54, 1.807) is 25.5 Å². The Hall–Kier alpha value is -4.07. The second-order valence-corrected chi connectivity index (χ2v) is 7.35. The van der Waals surface area contributed by atoms with Crippen molar-refractivity contribution in [3.63, 3.8) is 0 Å². The van der Waals surface area contributed by atoms with Crippen LogP contribution in [0.4, 0.5) is 11.4 Å². The number of aryl methyl sites for hydroxylation is 2. The van der Waals surface area contributed by atoms with Gasteiger partial charge in [0.2, 0.25) is 0 Å². The minimum atomic E-state index is -0.445. The Morgan fingerprint density at radius 1 is 1.00 bits per heavy atom. The number of non-ortho nitro benzene ring substituents is 1. The minimum absolute atomic E-state index is 0.0227. The van der Waals surface area contributed by atoms with Crippen molar-refractivity contribution in [3.8, 4) is 17.2 Å². The van der Waals surface area contributed by atoms with Crippen molar-refractivity contribution >= 4 is 17.6 Å². The number of anilines is 1. The Kier molecular flexibility index (Phi) is 8.24. The van der Waals surface area contributed by atoms with Crippen LogP contribution in [-0.2, 0) is 0 Å². The number of para-hydroxylation sites is 1. The van der Waals surface area contributed by atoms with E-state index in [9.17, 15) is 10.1 Å². The van der Waals surface area contributed by atoms with E-state index in [1.807, 2.05) is 36.4 Å². The molecule has 3 aromatic carbocycles. The second kappa shape index (κ2) is 11.5. The Morgan fingerprint density at radius 2 is 1.76 bits per heavy atom. The predicted octanol–water partition coefficient (Wildman–Crippen LogP) is 5.51. The topological polar surface area (TPSA) is 95.2 Å². The molecule has 1 N–H and O–H groups in total. The number of hydrogen-bond donors (Lipinski definition) is 1. The molecule has 0 amide bonds. The number of hydrazone groups is 1. The fourth-order valence-electron chi connectivity index (χ4n) is 3.01. The molecule has 0 aliphatic rings. The maximum Gasteiger partial charge on any atom is 0.269 e. The van der Waals surface area contributed by atoms with Crippen molar-refractivity contribution in [1.29, 1.82) is 0 Å². The molecule has 0 heterocycles. The molecule has 8 nitrogen and oxygen atoms in total. The zero-order valence-corrected chi connectivity index (χ0v) is 18.9. The van der Waals surface area contributed by atoms with Crippen molar-refractivity contribution in [2.24, 2.45) is 5.10 Å². The smallest absolute Gasteiger partial charge is 0.269 e. The van der Waals surface area contributed by atoms with Gasteiger partial charge in [0, 0.05) is 24.1 Å². The molecular weight excluding hydrogens is 422 g/mol. The predicted molar refractivity (Wildman–Crippen MR) is 129 cm³/mol. The van der Waals surface area contributed by atoms with Crippen LogP contribution >= 0.6 is 0 Å². The molecule has 0 unspecified atom stereocenters. The first-order chi connectivity index (χ1) is 16.0. The standard InChI is InChI=1S/C25H27N3O5/c1-18-8-13-23(16-19(18)2)32-14-5-15-33-25-20(6-4-7-24(25)31-3)17-26-27-21-9-11-22(12-10-21)28(29)30/h4,6-13,16-17,27H,5,14-15H2,1-3H3/b26-17+. The zero-order valence-electron chi connectivity index (χ0n) is 18.9. The van der Waals surface area contributed by atoms with Gasteiger partial charge >= 0.3 is 0 Å². The lowest BCUT2D eigenvalue weighted by atomic mass is 10.1. The first-order valence-corrected chi connectivity index (χ1v) is 10.5. The highest BCUT2D eigenvalue weighted by atomic mass is 16.6. The molecular formula is C25H27N3O5. The van der Waals surface area contributed by atoms with Gasteiger partial charge in [-0.25, -0.2) is 0 Å². The van der Waals surface area contributed by atoms with Gasteiger partial charge in [0.1, 0.15) is 5.75 Å². The van der Waals surface area contributed by atoms with Crippen LogP contribution in [0.2, 0.25) is 0 Å². The van der Waals surface area contributed by atoms with Crippen LogP contribution in [0, 0.1) is 24.0 Å². The molecule has 172 valence electrons. The van der Waals surface area contributed by atoms with Crippen LogP contribution < -0.4 is 19.6 Å². The van der Waals surface area contributed by atoms with Gasteiger partial charge in [0.15, 0.2) is 11.5 Å². The number of methoxy groups -OCH3 is 1. The van der Waals surface area contributed by atoms with Gasteiger partial charge in [0.05, 0.1) is 37.1 Å². The third kappa shape index (κ3) is 6.70. The molecule has 8 heteroatoms. The maximum atomic E-state index is 10.8. The van der Waals surface area contributed by atoms with Crippen molar-refractivity contribution < 1.29 is 19.1 Å². The van der Waals surface area contributed by atoms with E-state index < -0.39 is 4.92 Å². The summed E-state index contributed by atoms with van der Waals surface area (Å²) >= 11 is 0. The van der Waals surface area contributed by atoms with Crippen LogP contribution in [0.25, 0.3) is 0 Å². The number of nitrogens with zero attached hydrogens (tertiary/aromatic N) is 2. The molecule has 0 saturated carbocycles. The lowest BCUT2D eigenvalue weighted by Crippen LogP contribution is -2.07. The SMILES string of the molecule is COc1cccc(/C=N/Nc2ccc([N+](=O)[O-])cc2)c1OCCCOc1ccc(C)c(C)c1. The summed E-state index contributed by atoms with van der Waals surface area (Å²) in [6.45, 7) is 5.11. The Morgan fingerprint density at radius 3 is 2.45 bits per heavy atom. The number of nitro benzene ring substituents is 1. The summed E-state index contributed by atoms with van der Waals surface area (Å²) in [5, 5.41) is 15.0. The van der Waals surface area contributed by atoms with E-state index in [0.29, 0.717) is 36.8 Å². The van der Waals surface area contributed by atoms with Crippen LogP contribution in [0.3, 0.4) is 0 Å². The number of nitro groups is 1. The summed E-state index contributed by atoms with van der Waals surface area (Å²) in [6.07, 6.45) is 2.31. The van der Waals surface area contributed by atoms with Crippen molar-refractivity contribution in [1.82, 2.24) is 0 Å². The molecule has 0 spiro atoms. The highest BCUT2D eigenvalue weighted by Crippen LogP contribution is 2.30. The van der Waals surface area contributed by atoms with Gasteiger partial charge in [-0.3, -0.25) is 15.5 Å². The number of nitrogens with one attached hydrogen (secondary N) is 1. The number of hydrogen-bond acceptors (Lipinski definition) is 7. The fourth-order valence-corrected chi connectivity index (χ4v) is 3.01. The summed E-state index contributed by atoms with van der Waals surface area (Å²) in [5.41, 5.74) is 6.68. The fraction of sp³-hybridized carbons (Fsp3) is 0.240. The van der Waals surface area contributed by atoms with E-state index >= 15 is 0 Å². The lowest BCUT2D eigenvalue weighted by Gasteiger charge is -2.13. The van der Waals surface area contributed by atoms with Gasteiger partial charge < -0.3 is 14.2 Å². The molecule has 0 bridgehead atoms. The molecule has 3 aromatic rings. The quantitative estimate of drug-likeness (QED) is 0.179. The zero-order chi connectivity index (χ0) is 23.6. The summed E-state index contributed by atoms with van der Waals surface area (Å²) < 4.78 is 17.2. The van der Waals surface area contributed by atoms with Gasteiger partial charge in [-0.1, -0.05) is 12.1 Å². The van der Waals surface area contributed by atoms with E-state index in [2.05, 4.69) is 24.4 Å². The number of rotatable bonds is 11. The molecule has 3 rings (SSSR count). The van der Waals surface area contributed by atoms with Crippen LogP contribution in [0.1, 0.15) is 23.1 Å². The highest BCUT2D eigenvalue weighted by Gasteiger charge is 2.10. The summed E-state index contributed by atoms with van der Waals surface area (Å²) in [5.74, 6) is 2.03. The molecule has 33 heavy (non-hydrogen) atoms. The van der Waals surface area contributed by atoms with Crippen LogP contribution in [0.5, 0.6) is 17.2 Å². The second-order valence-electron chi connectivity index (χ2n) is 7.35. The Labute approximate surface area is 193 Å². The average molecular weight is 450 g/mol. The average Bonchev–Trinajstić information content (AvgIpc) is 2.82. The van der Waals surface area contributed by atoms with Crippen LogP contribution in [-0.4, -0.2) is 31.5 Å². The van der Waals surface area contributed by atoms with Gasteiger partial charge in [-0.05, 0) is 61.4 Å². The van der Waals surface area contributed by atoms with Crippen LogP contribution in [0.15, 0.2) is 65.8 Å². The molecule has 0 aliphatic heterocycles. The summed E-state index contributed by atoms with van der Waals surface area (Å²) in [4.78, 5) is 10.3. The molecule has 0 aromatic heterocycles. The Bertz CT molecular complexity index is 1110. The Balaban J connectivity index is 1.56. The number of ether oxygens (including phenoxy) is 3. The summed E-state index contributed by atoms with van der Waals surface area (Å²) in [7, 11) is 1.58. The lowest BCUT2D eigenvalue weighted by molar-refractivity contribution is -0.384. The molecule has 0 saturated heterocycles. The minimum Gasteiger partial charge on any atom is -0.493 e. The third-order valence-electron chi connectivity index (χ3n) is 4.99. The van der Waals surface area contributed by atoms with E-state index in [1.165, 1.54) is 23.3 Å². The van der Waals surface area contributed by atoms with Crippen molar-refractivity contribution in [3.05, 3.63) is 87.5 Å². The van der Waals surface area contributed by atoms with Gasteiger partial charge in [0.25, 0.3) is 5.69 Å². The van der Waals surface area contributed by atoms with Gasteiger partial charge in [-0.15, -0.1) is 0 Å². The monoisotopic (exact) mass is 449 g/mol. The molecule has 0 atom stereocenters. The van der Waals surface area contributed by atoms with Gasteiger partial charge in [-0.2, -0.15) is 5.10 Å². The van der Waals surface area contributed by atoms with E-state index in [-0.39, 0.29) is 5.69 Å². The molecule has 0 fully saturated rings. The maximum absolute atomic E-state index is 10.8. The first kappa shape index (κ1) is 23.6.